The van der Waals surface area contributed by atoms with E-state index >= 15 is 0 Å². The molecular formula is C19H20O12. The highest BCUT2D eigenvalue weighted by molar-refractivity contribution is 5.92. The van der Waals surface area contributed by atoms with Crippen LogP contribution in [0, 0.1) is 12.3 Å². The molecule has 1 unspecified atom stereocenters. The molecule has 31 heavy (non-hydrogen) atoms. The molecule has 0 aliphatic carbocycles. The number of carbonyl (C=O) groups is 5. The largest absolute Gasteiger partial charge is 0.519 e. The van der Waals surface area contributed by atoms with Crippen LogP contribution in [-0.2, 0) is 44.8 Å². The van der Waals surface area contributed by atoms with Crippen molar-refractivity contribution >= 4 is 29.7 Å². The fourth-order valence-electron chi connectivity index (χ4n) is 1.77. The summed E-state index contributed by atoms with van der Waals surface area (Å²) in [5, 5.41) is 8.45. The fourth-order valence-corrected chi connectivity index (χ4v) is 1.77. The molecule has 1 rings (SSSR count). The van der Waals surface area contributed by atoms with E-state index in [0.717, 1.165) is 12.2 Å². The highest BCUT2D eigenvalue weighted by atomic mass is 16.6. The molecule has 0 saturated carbocycles. The van der Waals surface area contributed by atoms with E-state index in [4.69, 9.17) is 19.3 Å². The van der Waals surface area contributed by atoms with Crippen LogP contribution >= 0.6 is 0 Å². The average Bonchev–Trinajstić information content (AvgIpc) is 3.02. The molecule has 1 aromatic heterocycles. The average molecular weight is 440 g/mol. The van der Waals surface area contributed by atoms with Crippen LogP contribution in [0.3, 0.4) is 0 Å². The van der Waals surface area contributed by atoms with Crippen LogP contribution in [0.1, 0.15) is 25.4 Å². The molecule has 12 nitrogen and oxygen atoms in total. The maximum absolute atomic E-state index is 11.8. The molecule has 0 aromatic carbocycles. The number of hydrogen-bond donors (Lipinski definition) is 1. The van der Waals surface area contributed by atoms with E-state index in [1.165, 1.54) is 20.8 Å². The van der Waals surface area contributed by atoms with Crippen molar-refractivity contribution in [2.24, 2.45) is 5.41 Å². The van der Waals surface area contributed by atoms with Gasteiger partial charge in [0.25, 0.3) is 0 Å². The molecule has 12 heteroatoms. The minimum Gasteiger partial charge on any atom is -0.478 e. The van der Waals surface area contributed by atoms with Gasteiger partial charge < -0.3 is 28.2 Å². The normalized spacial score (nSPS) is 13.0. The fraction of sp³-hybridized carbons (Fsp3) is 0.368. The van der Waals surface area contributed by atoms with Gasteiger partial charge in [-0.15, -0.1) is 0 Å². The molecule has 0 amide bonds. The van der Waals surface area contributed by atoms with Gasteiger partial charge in [0.1, 0.15) is 19.0 Å². The molecule has 1 aromatic rings. The Labute approximate surface area is 175 Å². The number of ketones is 1. The van der Waals surface area contributed by atoms with Crippen molar-refractivity contribution in [2.45, 2.75) is 27.4 Å². The highest BCUT2D eigenvalue weighted by Crippen LogP contribution is 2.19. The van der Waals surface area contributed by atoms with E-state index in [1.807, 2.05) is 0 Å². The summed E-state index contributed by atoms with van der Waals surface area (Å²) in [5.41, 5.74) is -1.40. The van der Waals surface area contributed by atoms with E-state index in [9.17, 15) is 28.8 Å². The van der Waals surface area contributed by atoms with Crippen LogP contribution in [0.4, 0.5) is 0 Å². The van der Waals surface area contributed by atoms with E-state index < -0.39 is 54.1 Å². The number of aryl methyl sites for hydroxylation is 1. The number of carboxylic acid groups (broad SMARTS) is 1. The second-order valence-electron chi connectivity index (χ2n) is 6.38. The van der Waals surface area contributed by atoms with Gasteiger partial charge in [-0.1, -0.05) is 0 Å². The first kappa shape index (κ1) is 25.1. The van der Waals surface area contributed by atoms with Gasteiger partial charge in [-0.2, -0.15) is 0 Å². The van der Waals surface area contributed by atoms with Crippen LogP contribution < -0.4 is 5.82 Å². The van der Waals surface area contributed by atoms with Crippen molar-refractivity contribution in [1.29, 1.82) is 0 Å². The van der Waals surface area contributed by atoms with Gasteiger partial charge in [0, 0.05) is 24.3 Å². The topological polar surface area (TPSA) is 177 Å². The summed E-state index contributed by atoms with van der Waals surface area (Å²) in [6, 6.07) is 0. The zero-order chi connectivity index (χ0) is 23.6. The number of ether oxygens (including phenoxy) is 3. The van der Waals surface area contributed by atoms with Crippen LogP contribution in [-0.4, -0.2) is 48.0 Å². The van der Waals surface area contributed by atoms with Gasteiger partial charge in [0.2, 0.25) is 0 Å². The summed E-state index contributed by atoms with van der Waals surface area (Å²) in [6.07, 6.45) is 2.75. The molecule has 0 bridgehead atoms. The number of hydrogen-bond acceptors (Lipinski definition) is 11. The zero-order valence-corrected chi connectivity index (χ0v) is 16.9. The van der Waals surface area contributed by atoms with Crippen molar-refractivity contribution in [3.8, 4) is 0 Å². The van der Waals surface area contributed by atoms with E-state index in [0.29, 0.717) is 12.2 Å². The van der Waals surface area contributed by atoms with E-state index in [2.05, 4.69) is 8.83 Å². The second-order valence-corrected chi connectivity index (χ2v) is 6.38. The number of carbonyl (C=O) groups excluding carboxylic acids is 4. The summed E-state index contributed by atoms with van der Waals surface area (Å²) in [4.78, 5) is 67.9. The third kappa shape index (κ3) is 8.94. The van der Waals surface area contributed by atoms with E-state index in [-0.39, 0.29) is 18.1 Å². The monoisotopic (exact) mass is 440 g/mol. The van der Waals surface area contributed by atoms with Gasteiger partial charge >= 0.3 is 29.7 Å². The quantitative estimate of drug-likeness (QED) is 0.286. The lowest BCUT2D eigenvalue weighted by Crippen LogP contribution is -2.37. The van der Waals surface area contributed by atoms with Gasteiger partial charge in [-0.3, -0.25) is 4.79 Å². The summed E-state index contributed by atoms with van der Waals surface area (Å²) in [7, 11) is 0. The number of aliphatic carboxylic acids is 1. The lowest BCUT2D eigenvalue weighted by atomic mass is 9.88. The Balaban J connectivity index is 2.54. The first-order chi connectivity index (χ1) is 14.4. The smallest absolute Gasteiger partial charge is 0.478 e. The van der Waals surface area contributed by atoms with Gasteiger partial charge in [-0.05, 0) is 20.8 Å². The predicted molar refractivity (Wildman–Crippen MR) is 98.4 cm³/mol. The first-order valence-corrected chi connectivity index (χ1v) is 8.63. The first-order valence-electron chi connectivity index (χ1n) is 8.63. The van der Waals surface area contributed by atoms with Gasteiger partial charge in [0.15, 0.2) is 18.1 Å². The summed E-state index contributed by atoms with van der Waals surface area (Å²) in [6.45, 7) is 2.66. The van der Waals surface area contributed by atoms with Crippen LogP contribution in [0.5, 0.6) is 0 Å². The molecule has 0 aliphatic heterocycles. The Hall–Kier alpha value is -3.96. The van der Waals surface area contributed by atoms with Crippen molar-refractivity contribution < 1.29 is 52.1 Å². The van der Waals surface area contributed by atoms with Crippen LogP contribution in [0.15, 0.2) is 37.9 Å². The van der Waals surface area contributed by atoms with Crippen LogP contribution in [0.25, 0.3) is 0 Å². The number of esters is 3. The minimum absolute atomic E-state index is 0.0132. The molecule has 1 heterocycles. The molecule has 0 fully saturated rings. The maximum atomic E-state index is 11.8. The van der Waals surface area contributed by atoms with Crippen molar-refractivity contribution in [3.63, 3.8) is 0 Å². The predicted octanol–water partition coefficient (Wildman–Crippen LogP) is 0.463. The lowest BCUT2D eigenvalue weighted by molar-refractivity contribution is -0.152. The second kappa shape index (κ2) is 11.3. The Morgan fingerprint density at radius 3 is 1.81 bits per heavy atom. The summed E-state index contributed by atoms with van der Waals surface area (Å²) < 4.78 is 23.7. The summed E-state index contributed by atoms with van der Waals surface area (Å²) >= 11 is 0. The van der Waals surface area contributed by atoms with E-state index in [1.54, 1.807) is 0 Å². The Morgan fingerprint density at radius 1 is 0.903 bits per heavy atom. The standard InChI is InChI=1S/C19H20O12/c1-11-13(31-18(26)30-11)8-27-15(23)6-7-17(25)29-10-19(3,12(2)20)9-28-16(24)5-4-14(21)22/h4-7H,8-10H2,1-3H3,(H,21,22)/b5-4+,7-6+. The van der Waals surface area contributed by atoms with Crippen LogP contribution in [0.2, 0.25) is 0 Å². The number of carboxylic acids is 1. The van der Waals surface area contributed by atoms with Crippen molar-refractivity contribution in [3.05, 3.63) is 46.4 Å². The third-order valence-corrected chi connectivity index (χ3v) is 3.81. The Bertz CT molecular complexity index is 961. The molecular weight excluding hydrogens is 420 g/mol. The minimum atomic E-state index is -1.40. The molecule has 168 valence electrons. The van der Waals surface area contributed by atoms with Crippen molar-refractivity contribution in [1.82, 2.24) is 0 Å². The maximum Gasteiger partial charge on any atom is 0.519 e. The molecule has 0 spiro atoms. The van der Waals surface area contributed by atoms with Gasteiger partial charge in [-0.25, -0.2) is 24.0 Å². The number of rotatable bonds is 11. The molecule has 0 radical (unpaired) electrons. The number of Topliss-reactive ketones (excluding diaryl/α,β-unsaturated/α-hetero) is 1. The third-order valence-electron chi connectivity index (χ3n) is 3.81. The summed E-state index contributed by atoms with van der Waals surface area (Å²) in [5.74, 6) is -5.51. The lowest BCUT2D eigenvalue weighted by Gasteiger charge is -2.25. The molecule has 1 N–H and O–H groups in total. The zero-order valence-electron chi connectivity index (χ0n) is 16.9. The molecule has 1 atom stereocenters. The Kier molecular flexibility index (Phi) is 9.13. The SMILES string of the molecule is CC(=O)C(C)(COC(=O)/C=C/C(=O)O)COC(=O)/C=C/C(=O)OCc1oc(=O)oc1C. The Morgan fingerprint density at radius 2 is 1.39 bits per heavy atom. The van der Waals surface area contributed by atoms with Crippen molar-refractivity contribution in [2.75, 3.05) is 13.2 Å². The van der Waals surface area contributed by atoms with Gasteiger partial charge in [0.05, 0.1) is 5.41 Å². The molecule has 0 aliphatic rings. The highest BCUT2D eigenvalue weighted by Gasteiger charge is 2.33. The molecule has 0 saturated heterocycles.